The molecule has 1 N–H and O–H groups in total. The molecule has 0 saturated heterocycles. The van der Waals surface area contributed by atoms with E-state index in [2.05, 4.69) is 26.1 Å². The van der Waals surface area contributed by atoms with Crippen LogP contribution in [0.25, 0.3) is 0 Å². The zero-order valence-corrected chi connectivity index (χ0v) is 7.67. The molecule has 0 unspecified atom stereocenters. The van der Waals surface area contributed by atoms with Crippen molar-refractivity contribution in [2.45, 2.75) is 0 Å². The molecular weight excluding hydrogens is 231 g/mol. The number of halogens is 2. The summed E-state index contributed by atoms with van der Waals surface area (Å²) in [5.74, 6) is 0. The molecule has 0 fully saturated rings. The van der Waals surface area contributed by atoms with E-state index >= 15 is 0 Å². The maximum absolute atomic E-state index is 8.18. The fourth-order valence-electron chi connectivity index (χ4n) is 0.581. The van der Waals surface area contributed by atoms with Gasteiger partial charge in [-0.05, 0) is 28.1 Å². The third-order valence-corrected chi connectivity index (χ3v) is 1.78. The van der Waals surface area contributed by atoms with Crippen LogP contribution < -0.4 is 0 Å². The molecule has 0 aromatic carbocycles. The lowest BCUT2D eigenvalue weighted by molar-refractivity contribution is 0.322. The Morgan fingerprint density at radius 2 is 2.36 bits per heavy atom. The normalized spacial score (nSPS) is 10.7. The van der Waals surface area contributed by atoms with Gasteiger partial charge in [0.2, 0.25) is 0 Å². The van der Waals surface area contributed by atoms with Gasteiger partial charge in [-0.1, -0.05) is 16.8 Å². The largest absolute Gasteiger partial charge is 0.411 e. The van der Waals surface area contributed by atoms with E-state index in [1.54, 1.807) is 12.1 Å². The minimum atomic E-state index is 0.303. The highest BCUT2D eigenvalue weighted by Crippen LogP contribution is 2.14. The van der Waals surface area contributed by atoms with Crippen molar-refractivity contribution < 1.29 is 5.21 Å². The van der Waals surface area contributed by atoms with Gasteiger partial charge >= 0.3 is 0 Å². The molecule has 3 nitrogen and oxygen atoms in total. The zero-order valence-electron chi connectivity index (χ0n) is 5.33. The quantitative estimate of drug-likeness (QED) is 0.351. The maximum Gasteiger partial charge on any atom is 0.139 e. The number of nitrogens with zero attached hydrogens (tertiary/aromatic N) is 2. The molecule has 0 saturated carbocycles. The molecule has 0 aliphatic heterocycles. The Morgan fingerprint density at radius 3 is 2.91 bits per heavy atom. The maximum atomic E-state index is 8.18. The van der Waals surface area contributed by atoms with Crippen LogP contribution in [0, 0.1) is 0 Å². The van der Waals surface area contributed by atoms with Gasteiger partial charge < -0.3 is 5.21 Å². The van der Waals surface area contributed by atoms with E-state index in [1.165, 1.54) is 6.21 Å². The summed E-state index contributed by atoms with van der Waals surface area (Å²) in [5.41, 5.74) is 0.581. The van der Waals surface area contributed by atoms with Gasteiger partial charge in [0.25, 0.3) is 0 Å². The van der Waals surface area contributed by atoms with Gasteiger partial charge in [-0.3, -0.25) is 0 Å². The van der Waals surface area contributed by atoms with Crippen LogP contribution in [0.3, 0.4) is 0 Å². The second kappa shape index (κ2) is 3.69. The molecule has 0 aliphatic carbocycles. The molecule has 1 aromatic rings. The minimum Gasteiger partial charge on any atom is -0.411 e. The summed E-state index contributed by atoms with van der Waals surface area (Å²) < 4.78 is 0.651. The first kappa shape index (κ1) is 8.49. The third-order valence-electron chi connectivity index (χ3n) is 1.04. The van der Waals surface area contributed by atoms with Gasteiger partial charge in [0.1, 0.15) is 9.76 Å². The molecule has 0 aliphatic rings. The summed E-state index contributed by atoms with van der Waals surface area (Å²) >= 11 is 8.81. The molecule has 58 valence electrons. The summed E-state index contributed by atoms with van der Waals surface area (Å²) in [6, 6.07) is 3.40. The van der Waals surface area contributed by atoms with Gasteiger partial charge in [-0.15, -0.1) is 0 Å². The van der Waals surface area contributed by atoms with Gasteiger partial charge in [0.05, 0.1) is 6.21 Å². The van der Waals surface area contributed by atoms with Crippen molar-refractivity contribution in [1.82, 2.24) is 4.98 Å². The summed E-state index contributed by atoms with van der Waals surface area (Å²) in [7, 11) is 0. The Balaban J connectivity index is 3.09. The number of aromatic nitrogens is 1. The Bertz CT molecular complexity index is 290. The number of hydrogen-bond acceptors (Lipinski definition) is 3. The van der Waals surface area contributed by atoms with E-state index in [9.17, 15) is 0 Å². The molecule has 5 heteroatoms. The van der Waals surface area contributed by atoms with E-state index in [4.69, 9.17) is 16.8 Å². The lowest BCUT2D eigenvalue weighted by Crippen LogP contribution is -1.86. The first-order chi connectivity index (χ1) is 5.24. The number of rotatable bonds is 1. The van der Waals surface area contributed by atoms with Crippen LogP contribution in [0.4, 0.5) is 0 Å². The number of oxime groups is 1. The van der Waals surface area contributed by atoms with Crippen LogP contribution in [0.2, 0.25) is 5.15 Å². The molecule has 0 radical (unpaired) electrons. The SMILES string of the molecule is O/N=C\c1ccc(Br)nc1Cl. The van der Waals surface area contributed by atoms with Crippen molar-refractivity contribution in [2.75, 3.05) is 0 Å². The molecule has 11 heavy (non-hydrogen) atoms. The monoisotopic (exact) mass is 234 g/mol. The Labute approximate surface area is 76.8 Å². The Kier molecular flexibility index (Phi) is 2.84. The lowest BCUT2D eigenvalue weighted by atomic mass is 10.3. The fraction of sp³-hybridized carbons (Fsp3) is 0. The second-order valence-electron chi connectivity index (χ2n) is 1.76. The van der Waals surface area contributed by atoms with E-state index in [1.807, 2.05) is 0 Å². The predicted molar refractivity (Wildman–Crippen MR) is 46.3 cm³/mol. The Morgan fingerprint density at radius 1 is 1.64 bits per heavy atom. The highest BCUT2D eigenvalue weighted by atomic mass is 79.9. The van der Waals surface area contributed by atoms with Crippen LogP contribution in [0.1, 0.15) is 5.56 Å². The smallest absolute Gasteiger partial charge is 0.139 e. The summed E-state index contributed by atoms with van der Waals surface area (Å²) in [6.07, 6.45) is 1.22. The molecule has 0 spiro atoms. The van der Waals surface area contributed by atoms with Crippen LogP contribution in [0.5, 0.6) is 0 Å². The standard InChI is InChI=1S/C6H4BrClN2O/c7-5-2-1-4(3-9-11)6(8)10-5/h1-3,11H/b9-3-. The molecular formula is C6H4BrClN2O. The van der Waals surface area contributed by atoms with Crippen molar-refractivity contribution in [3.05, 3.63) is 27.5 Å². The van der Waals surface area contributed by atoms with Crippen molar-refractivity contribution in [3.63, 3.8) is 0 Å². The fourth-order valence-corrected chi connectivity index (χ4v) is 1.20. The molecule has 0 atom stereocenters. The minimum absolute atomic E-state index is 0.303. The first-order valence-electron chi connectivity index (χ1n) is 2.73. The highest BCUT2D eigenvalue weighted by molar-refractivity contribution is 9.10. The van der Waals surface area contributed by atoms with Crippen molar-refractivity contribution >= 4 is 33.7 Å². The van der Waals surface area contributed by atoms with Gasteiger partial charge in [0.15, 0.2) is 0 Å². The van der Waals surface area contributed by atoms with E-state index in [-0.39, 0.29) is 0 Å². The molecule has 1 heterocycles. The van der Waals surface area contributed by atoms with Crippen LogP contribution in [0.15, 0.2) is 21.9 Å². The van der Waals surface area contributed by atoms with Crippen LogP contribution in [-0.4, -0.2) is 16.4 Å². The number of pyridine rings is 1. The number of hydrogen-bond donors (Lipinski definition) is 1. The molecule has 0 bridgehead atoms. The average Bonchev–Trinajstić information content (AvgIpc) is 1.95. The van der Waals surface area contributed by atoms with E-state index in [0.29, 0.717) is 15.3 Å². The van der Waals surface area contributed by atoms with Crippen molar-refractivity contribution in [1.29, 1.82) is 0 Å². The van der Waals surface area contributed by atoms with E-state index < -0.39 is 0 Å². The first-order valence-corrected chi connectivity index (χ1v) is 3.90. The van der Waals surface area contributed by atoms with Crippen LogP contribution in [-0.2, 0) is 0 Å². The topological polar surface area (TPSA) is 45.5 Å². The molecule has 1 rings (SSSR count). The van der Waals surface area contributed by atoms with Crippen molar-refractivity contribution in [3.8, 4) is 0 Å². The van der Waals surface area contributed by atoms with Crippen LogP contribution >= 0.6 is 27.5 Å². The second-order valence-corrected chi connectivity index (χ2v) is 2.93. The Hall–Kier alpha value is -0.610. The zero-order chi connectivity index (χ0) is 8.27. The van der Waals surface area contributed by atoms with E-state index in [0.717, 1.165) is 0 Å². The molecule has 1 aromatic heterocycles. The summed E-state index contributed by atoms with van der Waals surface area (Å²) in [4.78, 5) is 3.87. The highest BCUT2D eigenvalue weighted by Gasteiger charge is 1.98. The predicted octanol–water partition coefficient (Wildman–Crippen LogP) is 2.31. The molecule has 0 amide bonds. The lowest BCUT2D eigenvalue weighted by Gasteiger charge is -1.94. The third kappa shape index (κ3) is 2.17. The summed E-state index contributed by atoms with van der Waals surface area (Å²) in [5, 5.41) is 11.3. The van der Waals surface area contributed by atoms with Gasteiger partial charge in [0, 0.05) is 5.56 Å². The summed E-state index contributed by atoms with van der Waals surface area (Å²) in [6.45, 7) is 0. The van der Waals surface area contributed by atoms with Gasteiger partial charge in [-0.25, -0.2) is 4.98 Å². The average molecular weight is 235 g/mol. The van der Waals surface area contributed by atoms with Crippen molar-refractivity contribution in [2.24, 2.45) is 5.16 Å². The van der Waals surface area contributed by atoms with Gasteiger partial charge in [-0.2, -0.15) is 0 Å².